The molecule has 3 nitrogen and oxygen atoms in total. The summed E-state index contributed by atoms with van der Waals surface area (Å²) in [5, 5.41) is 12.4. The summed E-state index contributed by atoms with van der Waals surface area (Å²) in [5.74, 6) is -0.183. The minimum Gasteiger partial charge on any atom is -0.618 e. The second-order valence-corrected chi connectivity index (χ2v) is 4.76. The molecule has 19 heavy (non-hydrogen) atoms. The highest BCUT2D eigenvalue weighted by Gasteiger charge is 2.38. The van der Waals surface area contributed by atoms with Gasteiger partial charge in [-0.25, -0.2) is 0 Å². The molecule has 0 amide bonds. The third kappa shape index (κ3) is 1.58. The van der Waals surface area contributed by atoms with Crippen LogP contribution >= 0.6 is 0 Å². The van der Waals surface area contributed by atoms with Crippen molar-refractivity contribution in [3.63, 3.8) is 0 Å². The van der Waals surface area contributed by atoms with Crippen LogP contribution < -0.4 is 0 Å². The summed E-state index contributed by atoms with van der Waals surface area (Å²) in [6.45, 7) is 3.75. The topological polar surface area (TPSA) is 43.1 Å². The highest BCUT2D eigenvalue weighted by atomic mass is 16.5. The zero-order chi connectivity index (χ0) is 13.6. The van der Waals surface area contributed by atoms with Crippen LogP contribution in [0.25, 0.3) is 0 Å². The van der Waals surface area contributed by atoms with Crippen LogP contribution in [-0.4, -0.2) is 16.2 Å². The fourth-order valence-corrected chi connectivity index (χ4v) is 2.52. The third-order valence-corrected chi connectivity index (χ3v) is 3.52. The lowest BCUT2D eigenvalue weighted by Crippen LogP contribution is -2.18. The summed E-state index contributed by atoms with van der Waals surface area (Å²) in [5.41, 5.74) is 3.67. The third-order valence-electron chi connectivity index (χ3n) is 3.52. The Bertz CT molecular complexity index is 729. The Morgan fingerprint density at radius 2 is 1.63 bits per heavy atom. The fourth-order valence-electron chi connectivity index (χ4n) is 2.52. The fraction of sp³-hybridized carbons (Fsp3) is 0.125. The van der Waals surface area contributed by atoms with Gasteiger partial charge in [0.25, 0.3) is 11.5 Å². The normalized spacial score (nSPS) is 13.9. The maximum atomic E-state index is 12.5. The molecular formula is C16H13NO2. The van der Waals surface area contributed by atoms with E-state index in [2.05, 4.69) is 0 Å². The summed E-state index contributed by atoms with van der Waals surface area (Å²) in [6, 6.07) is 12.8. The molecule has 2 aromatic rings. The van der Waals surface area contributed by atoms with Crippen molar-refractivity contribution in [1.82, 2.24) is 0 Å². The van der Waals surface area contributed by atoms with E-state index in [1.807, 2.05) is 44.2 Å². The van der Waals surface area contributed by atoms with E-state index in [-0.39, 0.29) is 11.5 Å². The molecule has 0 N–H and O–H groups in total. The van der Waals surface area contributed by atoms with E-state index in [0.717, 1.165) is 15.9 Å². The Morgan fingerprint density at radius 1 is 0.947 bits per heavy atom. The molecule has 94 valence electrons. The van der Waals surface area contributed by atoms with Crippen molar-refractivity contribution in [2.75, 3.05) is 0 Å². The Morgan fingerprint density at radius 3 is 2.32 bits per heavy atom. The number of hydrogen-bond acceptors (Lipinski definition) is 2. The lowest BCUT2D eigenvalue weighted by Gasteiger charge is -2.04. The number of Topliss-reactive ketones (excluding diaryl/α,β-unsaturated/α-hetero) is 1. The summed E-state index contributed by atoms with van der Waals surface area (Å²) >= 11 is 0. The van der Waals surface area contributed by atoms with Crippen molar-refractivity contribution in [3.05, 3.63) is 69.9 Å². The number of ketones is 1. The van der Waals surface area contributed by atoms with Gasteiger partial charge in [-0.15, -0.1) is 0 Å². The van der Waals surface area contributed by atoms with E-state index < -0.39 is 0 Å². The van der Waals surface area contributed by atoms with Gasteiger partial charge in [0, 0.05) is 6.07 Å². The summed E-state index contributed by atoms with van der Waals surface area (Å²) in [6.07, 6.45) is 0. The van der Waals surface area contributed by atoms with Crippen LogP contribution in [0.15, 0.2) is 42.5 Å². The van der Waals surface area contributed by atoms with Crippen molar-refractivity contribution in [3.8, 4) is 0 Å². The molecule has 3 rings (SSSR count). The van der Waals surface area contributed by atoms with Crippen LogP contribution in [0, 0.1) is 19.1 Å². The minimum absolute atomic E-state index is 0.183. The number of benzene rings is 2. The number of carbonyl (C=O) groups excluding carboxylic acids is 1. The van der Waals surface area contributed by atoms with Crippen molar-refractivity contribution >= 4 is 17.2 Å². The maximum Gasteiger partial charge on any atom is 0.273 e. The SMILES string of the molecule is Cc1ccccc1C1=[N+]([O-])c2cccc(C)c2C1=O. The van der Waals surface area contributed by atoms with Gasteiger partial charge >= 0.3 is 0 Å². The van der Waals surface area contributed by atoms with Gasteiger partial charge < -0.3 is 5.21 Å². The molecule has 0 saturated carbocycles. The Kier molecular flexibility index (Phi) is 2.49. The van der Waals surface area contributed by atoms with Crippen molar-refractivity contribution < 1.29 is 9.53 Å². The van der Waals surface area contributed by atoms with Gasteiger partial charge in [-0.2, -0.15) is 4.74 Å². The molecule has 0 fully saturated rings. The quantitative estimate of drug-likeness (QED) is 0.577. The molecule has 0 bridgehead atoms. The summed E-state index contributed by atoms with van der Waals surface area (Å²) < 4.78 is 0.757. The number of rotatable bonds is 1. The molecule has 3 heteroatoms. The largest absolute Gasteiger partial charge is 0.618 e. The molecule has 0 saturated heterocycles. The van der Waals surface area contributed by atoms with E-state index in [1.165, 1.54) is 0 Å². The van der Waals surface area contributed by atoms with Crippen LogP contribution in [0.1, 0.15) is 27.0 Å². The average molecular weight is 251 g/mol. The molecule has 0 atom stereocenters. The predicted octanol–water partition coefficient (Wildman–Crippen LogP) is 3.13. The number of fused-ring (bicyclic) bond motifs is 1. The second kappa shape index (κ2) is 4.05. The molecule has 1 aliphatic heterocycles. The molecule has 0 spiro atoms. The van der Waals surface area contributed by atoms with E-state index in [1.54, 1.807) is 12.1 Å². The maximum absolute atomic E-state index is 12.5. The molecule has 0 radical (unpaired) electrons. The van der Waals surface area contributed by atoms with Gasteiger partial charge in [0.1, 0.15) is 5.56 Å². The van der Waals surface area contributed by atoms with E-state index in [4.69, 9.17) is 0 Å². The Labute approximate surface area is 111 Å². The minimum atomic E-state index is -0.183. The van der Waals surface area contributed by atoms with Crippen LogP contribution in [0.2, 0.25) is 0 Å². The second-order valence-electron chi connectivity index (χ2n) is 4.76. The number of aryl methyl sites for hydroxylation is 2. The summed E-state index contributed by atoms with van der Waals surface area (Å²) in [7, 11) is 0. The zero-order valence-electron chi connectivity index (χ0n) is 10.8. The highest BCUT2D eigenvalue weighted by molar-refractivity contribution is 6.52. The standard InChI is InChI=1S/C16H13NO2/c1-10-6-3-4-8-12(10)15-16(18)14-11(2)7-5-9-13(14)17(15)19/h3-9H,1-2H3. The van der Waals surface area contributed by atoms with Crippen LogP contribution in [-0.2, 0) is 0 Å². The molecule has 0 aliphatic carbocycles. The van der Waals surface area contributed by atoms with Crippen molar-refractivity contribution in [1.29, 1.82) is 0 Å². The van der Waals surface area contributed by atoms with Crippen LogP contribution in [0.5, 0.6) is 0 Å². The molecular weight excluding hydrogens is 238 g/mol. The van der Waals surface area contributed by atoms with Gasteiger partial charge in [-0.3, -0.25) is 4.79 Å². The van der Waals surface area contributed by atoms with Gasteiger partial charge in [0.2, 0.25) is 5.69 Å². The van der Waals surface area contributed by atoms with Crippen LogP contribution in [0.3, 0.4) is 0 Å². The Hall–Kier alpha value is -2.42. The Balaban J connectivity index is 2.27. The summed E-state index contributed by atoms with van der Waals surface area (Å²) in [4.78, 5) is 12.5. The monoisotopic (exact) mass is 251 g/mol. The molecule has 1 aliphatic rings. The van der Waals surface area contributed by atoms with Gasteiger partial charge in [0.05, 0.1) is 5.56 Å². The van der Waals surface area contributed by atoms with Crippen molar-refractivity contribution in [2.45, 2.75) is 13.8 Å². The van der Waals surface area contributed by atoms with E-state index in [9.17, 15) is 10.0 Å². The van der Waals surface area contributed by atoms with E-state index >= 15 is 0 Å². The molecule has 2 aromatic carbocycles. The molecule has 0 unspecified atom stereocenters. The lowest BCUT2D eigenvalue weighted by atomic mass is 9.97. The first kappa shape index (κ1) is 11.7. The molecule has 0 aromatic heterocycles. The predicted molar refractivity (Wildman–Crippen MR) is 74.1 cm³/mol. The average Bonchev–Trinajstić information content (AvgIpc) is 2.64. The van der Waals surface area contributed by atoms with Gasteiger partial charge in [-0.1, -0.05) is 30.3 Å². The number of hydrogen-bond donors (Lipinski definition) is 0. The van der Waals surface area contributed by atoms with Crippen LogP contribution in [0.4, 0.5) is 5.69 Å². The highest BCUT2D eigenvalue weighted by Crippen LogP contribution is 2.30. The smallest absolute Gasteiger partial charge is 0.273 e. The van der Waals surface area contributed by atoms with E-state index in [0.29, 0.717) is 16.8 Å². The van der Waals surface area contributed by atoms with Gasteiger partial charge in [-0.05, 0) is 31.0 Å². The molecule has 1 heterocycles. The van der Waals surface area contributed by atoms with Crippen molar-refractivity contribution in [2.24, 2.45) is 0 Å². The number of nitrogens with zero attached hydrogens (tertiary/aromatic N) is 1. The first-order valence-corrected chi connectivity index (χ1v) is 6.16. The lowest BCUT2D eigenvalue weighted by molar-refractivity contribution is -0.355. The van der Waals surface area contributed by atoms with Gasteiger partial charge in [0.15, 0.2) is 0 Å². The first-order chi connectivity index (χ1) is 9.11. The number of carbonyl (C=O) groups is 1. The first-order valence-electron chi connectivity index (χ1n) is 6.16. The zero-order valence-corrected chi connectivity index (χ0v) is 10.8.